The molecule has 1 N–H and O–H groups in total. The fraction of sp³-hybridized carbons (Fsp3) is 0.353. The molecule has 1 fully saturated rings. The Balaban J connectivity index is 1.73. The Labute approximate surface area is 118 Å². The summed E-state index contributed by atoms with van der Waals surface area (Å²) in [6, 6.07) is 14.7. The molecule has 1 heterocycles. The van der Waals surface area contributed by atoms with E-state index in [0.29, 0.717) is 0 Å². The van der Waals surface area contributed by atoms with E-state index in [4.69, 9.17) is 5.11 Å². The van der Waals surface area contributed by atoms with Crippen LogP contribution in [0.15, 0.2) is 42.5 Å². The molecule has 2 aromatic rings. The highest BCUT2D eigenvalue weighted by molar-refractivity contribution is 5.86. The first-order chi connectivity index (χ1) is 9.79. The van der Waals surface area contributed by atoms with Crippen LogP contribution < -0.4 is 0 Å². The molecule has 0 aliphatic carbocycles. The fourth-order valence-electron chi connectivity index (χ4n) is 2.96. The van der Waals surface area contributed by atoms with E-state index in [1.165, 1.54) is 16.3 Å². The van der Waals surface area contributed by atoms with Gasteiger partial charge in [-0.2, -0.15) is 0 Å². The summed E-state index contributed by atoms with van der Waals surface area (Å²) >= 11 is 0. The van der Waals surface area contributed by atoms with Crippen LogP contribution >= 0.6 is 0 Å². The summed E-state index contributed by atoms with van der Waals surface area (Å²) in [6.07, 6.45) is 1.65. The van der Waals surface area contributed by atoms with Crippen molar-refractivity contribution in [1.29, 1.82) is 0 Å². The predicted molar refractivity (Wildman–Crippen MR) is 79.4 cm³/mol. The van der Waals surface area contributed by atoms with E-state index in [1.807, 2.05) is 11.0 Å². The number of aliphatic hydroxyl groups is 1. The summed E-state index contributed by atoms with van der Waals surface area (Å²) in [7, 11) is 0. The number of rotatable bonds is 4. The largest absolute Gasteiger partial charge is 0.396 e. The van der Waals surface area contributed by atoms with Gasteiger partial charge in [0.05, 0.1) is 12.5 Å². The number of hydrogen-bond acceptors (Lipinski definition) is 2. The molecule has 3 heteroatoms. The van der Waals surface area contributed by atoms with Crippen molar-refractivity contribution in [2.24, 2.45) is 5.92 Å². The number of aliphatic hydroxyl groups excluding tert-OH is 1. The third-order valence-corrected chi connectivity index (χ3v) is 4.16. The third kappa shape index (κ3) is 2.41. The molecular weight excluding hydrogens is 250 g/mol. The highest BCUT2D eigenvalue weighted by Crippen LogP contribution is 2.21. The first-order valence-corrected chi connectivity index (χ1v) is 7.16. The second-order valence-corrected chi connectivity index (χ2v) is 5.38. The first kappa shape index (κ1) is 13.1. The van der Waals surface area contributed by atoms with Crippen molar-refractivity contribution >= 4 is 16.7 Å². The lowest BCUT2D eigenvalue weighted by Gasteiger charge is -2.17. The molecule has 1 saturated heterocycles. The predicted octanol–water partition coefficient (Wildman–Crippen LogP) is 2.22. The van der Waals surface area contributed by atoms with Gasteiger partial charge in [-0.05, 0) is 29.2 Å². The number of fused-ring (bicyclic) bond motifs is 1. The van der Waals surface area contributed by atoms with E-state index >= 15 is 0 Å². The maximum atomic E-state index is 12.0. The van der Waals surface area contributed by atoms with Gasteiger partial charge in [0.25, 0.3) is 0 Å². The molecule has 0 bridgehead atoms. The Morgan fingerprint density at radius 3 is 2.75 bits per heavy atom. The maximum Gasteiger partial charge on any atom is 0.228 e. The van der Waals surface area contributed by atoms with Gasteiger partial charge in [-0.3, -0.25) is 4.79 Å². The second-order valence-electron chi connectivity index (χ2n) is 5.38. The van der Waals surface area contributed by atoms with E-state index in [9.17, 15) is 4.79 Å². The minimum atomic E-state index is -0.178. The number of benzene rings is 2. The van der Waals surface area contributed by atoms with Crippen molar-refractivity contribution in [3.63, 3.8) is 0 Å². The number of hydrogen-bond donors (Lipinski definition) is 1. The van der Waals surface area contributed by atoms with Crippen LogP contribution in [0.3, 0.4) is 0 Å². The zero-order chi connectivity index (χ0) is 13.9. The molecule has 20 heavy (non-hydrogen) atoms. The van der Waals surface area contributed by atoms with Crippen molar-refractivity contribution in [1.82, 2.24) is 4.90 Å². The molecule has 0 aromatic heterocycles. The molecular formula is C17H19NO2. The standard InChI is InChI=1S/C17H19NO2/c19-12-15-9-11-18(17(15)20)10-8-14-6-3-5-13-4-1-2-7-16(13)14/h1-7,15,19H,8-12H2. The number of carbonyl (C=O) groups is 1. The minimum Gasteiger partial charge on any atom is -0.396 e. The molecule has 1 aliphatic rings. The number of amides is 1. The smallest absolute Gasteiger partial charge is 0.228 e. The average molecular weight is 269 g/mol. The lowest BCUT2D eigenvalue weighted by Crippen LogP contribution is -2.30. The first-order valence-electron chi connectivity index (χ1n) is 7.16. The lowest BCUT2D eigenvalue weighted by atomic mass is 10.0. The van der Waals surface area contributed by atoms with Gasteiger partial charge < -0.3 is 10.0 Å². The van der Waals surface area contributed by atoms with E-state index in [0.717, 1.165) is 25.9 Å². The van der Waals surface area contributed by atoms with Crippen molar-refractivity contribution in [2.45, 2.75) is 12.8 Å². The summed E-state index contributed by atoms with van der Waals surface area (Å²) in [4.78, 5) is 13.9. The van der Waals surface area contributed by atoms with Gasteiger partial charge in [-0.15, -0.1) is 0 Å². The maximum absolute atomic E-state index is 12.0. The second kappa shape index (κ2) is 5.63. The summed E-state index contributed by atoms with van der Waals surface area (Å²) < 4.78 is 0. The molecule has 1 unspecified atom stereocenters. The Morgan fingerprint density at radius 1 is 1.15 bits per heavy atom. The van der Waals surface area contributed by atoms with E-state index in [2.05, 4.69) is 36.4 Å². The van der Waals surface area contributed by atoms with Crippen LogP contribution in [0.2, 0.25) is 0 Å². The Kier molecular flexibility index (Phi) is 3.70. The molecule has 1 amide bonds. The van der Waals surface area contributed by atoms with Gasteiger partial charge in [0, 0.05) is 13.1 Å². The van der Waals surface area contributed by atoms with Crippen molar-refractivity contribution in [3.05, 3.63) is 48.0 Å². The SMILES string of the molecule is O=C1C(CO)CCN1CCc1cccc2ccccc12. The van der Waals surface area contributed by atoms with Gasteiger partial charge in [0.15, 0.2) is 0 Å². The zero-order valence-electron chi connectivity index (χ0n) is 11.5. The fourth-order valence-corrected chi connectivity index (χ4v) is 2.96. The summed E-state index contributed by atoms with van der Waals surface area (Å²) in [5, 5.41) is 11.6. The van der Waals surface area contributed by atoms with Gasteiger partial charge in [-0.1, -0.05) is 42.5 Å². The molecule has 1 aliphatic heterocycles. The van der Waals surface area contributed by atoms with E-state index < -0.39 is 0 Å². The van der Waals surface area contributed by atoms with Crippen molar-refractivity contribution < 1.29 is 9.90 Å². The van der Waals surface area contributed by atoms with Crippen LogP contribution in [0.4, 0.5) is 0 Å². The molecule has 1 atom stereocenters. The molecule has 0 saturated carbocycles. The van der Waals surface area contributed by atoms with Gasteiger partial charge in [-0.25, -0.2) is 0 Å². The molecule has 0 spiro atoms. The molecule has 3 rings (SSSR count). The summed E-state index contributed by atoms with van der Waals surface area (Å²) in [5.41, 5.74) is 1.28. The Bertz CT molecular complexity index is 618. The Hall–Kier alpha value is -1.87. The lowest BCUT2D eigenvalue weighted by molar-refractivity contribution is -0.131. The highest BCUT2D eigenvalue weighted by Gasteiger charge is 2.30. The van der Waals surface area contributed by atoms with Gasteiger partial charge in [0.1, 0.15) is 0 Å². The van der Waals surface area contributed by atoms with Crippen LogP contribution in [0.1, 0.15) is 12.0 Å². The van der Waals surface area contributed by atoms with Crippen molar-refractivity contribution in [3.8, 4) is 0 Å². The van der Waals surface area contributed by atoms with E-state index in [-0.39, 0.29) is 18.4 Å². The molecule has 2 aromatic carbocycles. The molecule has 3 nitrogen and oxygen atoms in total. The van der Waals surface area contributed by atoms with E-state index in [1.54, 1.807) is 0 Å². The van der Waals surface area contributed by atoms with Gasteiger partial charge >= 0.3 is 0 Å². The Morgan fingerprint density at radius 2 is 1.95 bits per heavy atom. The number of nitrogens with zero attached hydrogens (tertiary/aromatic N) is 1. The normalized spacial score (nSPS) is 18.9. The third-order valence-electron chi connectivity index (χ3n) is 4.16. The summed E-state index contributed by atoms with van der Waals surface area (Å²) in [6.45, 7) is 1.49. The average Bonchev–Trinajstić information content (AvgIpc) is 2.85. The van der Waals surface area contributed by atoms with Crippen LogP contribution in [-0.2, 0) is 11.2 Å². The van der Waals surface area contributed by atoms with Crippen LogP contribution in [0, 0.1) is 5.92 Å². The number of likely N-dealkylation sites (tertiary alicyclic amines) is 1. The van der Waals surface area contributed by atoms with Crippen LogP contribution in [-0.4, -0.2) is 35.6 Å². The number of carbonyl (C=O) groups excluding carboxylic acids is 1. The minimum absolute atomic E-state index is 0.0242. The van der Waals surface area contributed by atoms with Crippen LogP contribution in [0.5, 0.6) is 0 Å². The topological polar surface area (TPSA) is 40.5 Å². The molecule has 104 valence electrons. The quantitative estimate of drug-likeness (QED) is 0.924. The van der Waals surface area contributed by atoms with Crippen molar-refractivity contribution in [2.75, 3.05) is 19.7 Å². The zero-order valence-corrected chi connectivity index (χ0v) is 11.5. The van der Waals surface area contributed by atoms with Crippen LogP contribution in [0.25, 0.3) is 10.8 Å². The summed E-state index contributed by atoms with van der Waals surface area (Å²) in [5.74, 6) is -0.0738. The highest BCUT2D eigenvalue weighted by atomic mass is 16.3. The monoisotopic (exact) mass is 269 g/mol. The van der Waals surface area contributed by atoms with Gasteiger partial charge in [0.2, 0.25) is 5.91 Å². The molecule has 0 radical (unpaired) electrons.